The molecule has 0 nitrogen and oxygen atoms in total. The summed E-state index contributed by atoms with van der Waals surface area (Å²) in [5.74, 6) is -10.9. The molecular formula is C22H18F6. The lowest BCUT2D eigenvalue weighted by Gasteiger charge is -2.32. The Hall–Kier alpha value is -2.50. The zero-order valence-corrected chi connectivity index (χ0v) is 15.3. The molecule has 0 aromatic heterocycles. The molecule has 0 aliphatic heterocycles. The van der Waals surface area contributed by atoms with Crippen LogP contribution in [0.25, 0.3) is 11.1 Å². The van der Waals surface area contributed by atoms with E-state index in [4.69, 9.17) is 0 Å². The fourth-order valence-electron chi connectivity index (χ4n) is 3.13. The lowest BCUT2D eigenvalue weighted by molar-refractivity contribution is -0.164. The first-order valence-corrected chi connectivity index (χ1v) is 8.73. The Balaban J connectivity index is 1.84. The number of benzene rings is 2. The molecule has 0 saturated carbocycles. The molecule has 0 unspecified atom stereocenters. The molecule has 0 bridgehead atoms. The van der Waals surface area contributed by atoms with Crippen molar-refractivity contribution in [1.82, 2.24) is 0 Å². The van der Waals surface area contributed by atoms with Crippen LogP contribution in [-0.4, -0.2) is 11.8 Å². The molecule has 28 heavy (non-hydrogen) atoms. The SMILES string of the molecule is CC1=CC=C(CCc2ccc(-c3ccc(C)cc3)c(F)c2F)C(F)(F)C1(F)F. The minimum atomic E-state index is -4.36. The second-order valence-electron chi connectivity index (χ2n) is 6.96. The van der Waals surface area contributed by atoms with Crippen molar-refractivity contribution in [2.45, 2.75) is 38.5 Å². The fourth-order valence-corrected chi connectivity index (χ4v) is 3.13. The van der Waals surface area contributed by atoms with Crippen molar-refractivity contribution >= 4 is 0 Å². The number of rotatable bonds is 4. The Morgan fingerprint density at radius 1 is 0.714 bits per heavy atom. The second-order valence-corrected chi connectivity index (χ2v) is 6.96. The van der Waals surface area contributed by atoms with Gasteiger partial charge >= 0.3 is 11.8 Å². The average molecular weight is 396 g/mol. The maximum Gasteiger partial charge on any atom is 0.335 e. The number of hydrogen-bond donors (Lipinski definition) is 0. The summed E-state index contributed by atoms with van der Waals surface area (Å²) in [5, 5.41) is 0. The molecule has 0 spiro atoms. The molecule has 0 heterocycles. The maximum absolute atomic E-state index is 14.5. The van der Waals surface area contributed by atoms with Gasteiger partial charge in [-0.15, -0.1) is 0 Å². The minimum absolute atomic E-state index is 0.0496. The predicted octanol–water partition coefficient (Wildman–Crippen LogP) is 7.03. The Labute approximate surface area is 159 Å². The molecule has 148 valence electrons. The molecule has 3 rings (SSSR count). The zero-order chi connectivity index (χ0) is 20.7. The summed E-state index contributed by atoms with van der Waals surface area (Å²) >= 11 is 0. The molecule has 2 aromatic carbocycles. The van der Waals surface area contributed by atoms with Gasteiger partial charge in [0, 0.05) is 16.7 Å². The molecule has 0 fully saturated rings. The third kappa shape index (κ3) is 3.36. The standard InChI is InChI=1S/C22H18F6/c1-13-3-6-15(7-4-13)18-12-9-16(19(23)20(18)24)8-11-17-10-5-14(2)21(25,26)22(17,27)28/h3-7,9-10,12H,8,11H2,1-2H3. The van der Waals surface area contributed by atoms with E-state index in [2.05, 4.69) is 0 Å². The van der Waals surface area contributed by atoms with E-state index in [1.54, 1.807) is 24.3 Å². The van der Waals surface area contributed by atoms with Crippen LogP contribution in [0, 0.1) is 18.6 Å². The van der Waals surface area contributed by atoms with Crippen LogP contribution >= 0.6 is 0 Å². The van der Waals surface area contributed by atoms with Crippen LogP contribution in [-0.2, 0) is 6.42 Å². The number of allylic oxidation sites excluding steroid dienone is 4. The summed E-state index contributed by atoms with van der Waals surface area (Å²) in [6.07, 6.45) is 1.04. The highest BCUT2D eigenvalue weighted by molar-refractivity contribution is 5.65. The van der Waals surface area contributed by atoms with Crippen LogP contribution < -0.4 is 0 Å². The van der Waals surface area contributed by atoms with Gasteiger partial charge in [0.1, 0.15) is 0 Å². The van der Waals surface area contributed by atoms with E-state index in [0.717, 1.165) is 24.6 Å². The number of hydrogen-bond acceptors (Lipinski definition) is 0. The van der Waals surface area contributed by atoms with Gasteiger partial charge in [-0.3, -0.25) is 0 Å². The van der Waals surface area contributed by atoms with E-state index in [-0.39, 0.29) is 17.5 Å². The lowest BCUT2D eigenvalue weighted by Crippen LogP contribution is -2.44. The third-order valence-corrected chi connectivity index (χ3v) is 5.02. The lowest BCUT2D eigenvalue weighted by atomic mass is 9.87. The van der Waals surface area contributed by atoms with Crippen LogP contribution in [0.2, 0.25) is 0 Å². The first-order valence-electron chi connectivity index (χ1n) is 8.73. The summed E-state index contributed by atoms with van der Waals surface area (Å²) in [5.41, 5.74) is -0.181. The molecule has 0 radical (unpaired) electrons. The van der Waals surface area contributed by atoms with Crippen molar-refractivity contribution in [1.29, 1.82) is 0 Å². The van der Waals surface area contributed by atoms with E-state index in [9.17, 15) is 26.3 Å². The molecule has 6 heteroatoms. The van der Waals surface area contributed by atoms with Crippen molar-refractivity contribution in [3.05, 3.63) is 82.5 Å². The van der Waals surface area contributed by atoms with Crippen molar-refractivity contribution in [2.24, 2.45) is 0 Å². The van der Waals surface area contributed by atoms with E-state index in [0.29, 0.717) is 5.56 Å². The molecule has 1 aliphatic rings. The molecule has 0 N–H and O–H groups in total. The van der Waals surface area contributed by atoms with Crippen LogP contribution in [0.5, 0.6) is 0 Å². The summed E-state index contributed by atoms with van der Waals surface area (Å²) < 4.78 is 84.6. The number of halogens is 6. The summed E-state index contributed by atoms with van der Waals surface area (Å²) in [4.78, 5) is 0. The predicted molar refractivity (Wildman–Crippen MR) is 96.6 cm³/mol. The Kier molecular flexibility index (Phi) is 5.17. The number of alkyl halides is 4. The van der Waals surface area contributed by atoms with Crippen molar-refractivity contribution in [3.63, 3.8) is 0 Å². The van der Waals surface area contributed by atoms with E-state index < -0.39 is 41.0 Å². The van der Waals surface area contributed by atoms with Gasteiger partial charge in [-0.1, -0.05) is 54.1 Å². The molecule has 2 aromatic rings. The topological polar surface area (TPSA) is 0 Å². The Bertz CT molecular complexity index is 952. The Morgan fingerprint density at radius 3 is 2.00 bits per heavy atom. The average Bonchev–Trinajstić information content (AvgIpc) is 2.64. The van der Waals surface area contributed by atoms with E-state index >= 15 is 0 Å². The van der Waals surface area contributed by atoms with Crippen molar-refractivity contribution in [2.75, 3.05) is 0 Å². The minimum Gasteiger partial charge on any atom is -0.203 e. The van der Waals surface area contributed by atoms with Gasteiger partial charge in [-0.25, -0.2) is 8.78 Å². The molecule has 1 aliphatic carbocycles. The molecule has 0 amide bonds. The van der Waals surface area contributed by atoms with Gasteiger partial charge in [0.25, 0.3) is 0 Å². The van der Waals surface area contributed by atoms with E-state index in [1.165, 1.54) is 12.1 Å². The highest BCUT2D eigenvalue weighted by Crippen LogP contribution is 2.48. The fraction of sp³-hybridized carbons (Fsp3) is 0.273. The zero-order valence-electron chi connectivity index (χ0n) is 15.3. The quantitative estimate of drug-likeness (QED) is 0.487. The van der Waals surface area contributed by atoms with Gasteiger partial charge < -0.3 is 0 Å². The maximum atomic E-state index is 14.5. The smallest absolute Gasteiger partial charge is 0.203 e. The second kappa shape index (κ2) is 7.15. The van der Waals surface area contributed by atoms with Crippen LogP contribution in [0.3, 0.4) is 0 Å². The largest absolute Gasteiger partial charge is 0.335 e. The van der Waals surface area contributed by atoms with Crippen molar-refractivity contribution in [3.8, 4) is 11.1 Å². The first-order chi connectivity index (χ1) is 13.1. The van der Waals surface area contributed by atoms with E-state index in [1.807, 2.05) is 6.92 Å². The Morgan fingerprint density at radius 2 is 1.36 bits per heavy atom. The van der Waals surface area contributed by atoms with Crippen LogP contribution in [0.1, 0.15) is 24.5 Å². The van der Waals surface area contributed by atoms with Gasteiger partial charge in [-0.05, 0) is 37.8 Å². The van der Waals surface area contributed by atoms with Gasteiger partial charge in [0.05, 0.1) is 0 Å². The highest BCUT2D eigenvalue weighted by Gasteiger charge is 2.60. The first kappa shape index (κ1) is 20.2. The summed E-state index contributed by atoms with van der Waals surface area (Å²) in [6, 6.07) is 9.48. The summed E-state index contributed by atoms with van der Waals surface area (Å²) in [6.45, 7) is 2.79. The monoisotopic (exact) mass is 396 g/mol. The molecular weight excluding hydrogens is 378 g/mol. The summed E-state index contributed by atoms with van der Waals surface area (Å²) in [7, 11) is 0. The molecule has 0 atom stereocenters. The number of aryl methyl sites for hydroxylation is 2. The third-order valence-electron chi connectivity index (χ3n) is 5.02. The van der Waals surface area contributed by atoms with Gasteiger partial charge in [-0.2, -0.15) is 17.6 Å². The van der Waals surface area contributed by atoms with Gasteiger partial charge in [0.2, 0.25) is 0 Å². The van der Waals surface area contributed by atoms with Gasteiger partial charge in [0.15, 0.2) is 11.6 Å². The highest BCUT2D eigenvalue weighted by atomic mass is 19.3. The van der Waals surface area contributed by atoms with Crippen molar-refractivity contribution < 1.29 is 26.3 Å². The van der Waals surface area contributed by atoms with Crippen LogP contribution in [0.4, 0.5) is 26.3 Å². The van der Waals surface area contributed by atoms with Crippen LogP contribution in [0.15, 0.2) is 59.7 Å². The molecule has 0 saturated heterocycles. The normalized spacial score (nSPS) is 17.9.